The third-order valence-corrected chi connectivity index (χ3v) is 4.38. The molecule has 0 aliphatic carbocycles. The van der Waals surface area contributed by atoms with Gasteiger partial charge >= 0.3 is 6.09 Å². The van der Waals surface area contributed by atoms with Crippen LogP contribution in [0.2, 0.25) is 0 Å². The summed E-state index contributed by atoms with van der Waals surface area (Å²) in [7, 11) is 0. The molecule has 0 radical (unpaired) electrons. The van der Waals surface area contributed by atoms with Crippen molar-refractivity contribution < 1.29 is 19.1 Å². The molecular formula is C23H25N5O4. The van der Waals surface area contributed by atoms with Gasteiger partial charge in [0.15, 0.2) is 0 Å². The quantitative estimate of drug-likeness (QED) is 0.334. The monoisotopic (exact) mass is 435 g/mol. The van der Waals surface area contributed by atoms with Gasteiger partial charge in [-0.3, -0.25) is 4.79 Å². The fourth-order valence-electron chi connectivity index (χ4n) is 2.80. The molecule has 3 N–H and O–H groups in total. The number of rotatable bonds is 10. The van der Waals surface area contributed by atoms with Gasteiger partial charge in [0.2, 0.25) is 0 Å². The van der Waals surface area contributed by atoms with Gasteiger partial charge in [-0.05, 0) is 42.3 Å². The van der Waals surface area contributed by atoms with E-state index in [9.17, 15) is 9.59 Å². The Bertz CT molecular complexity index is 1000. The van der Waals surface area contributed by atoms with Gasteiger partial charge in [-0.25, -0.2) is 15.2 Å². The van der Waals surface area contributed by atoms with Crippen LogP contribution in [0.25, 0.3) is 0 Å². The summed E-state index contributed by atoms with van der Waals surface area (Å²) in [6, 6.07) is 15.6. The van der Waals surface area contributed by atoms with E-state index in [4.69, 9.17) is 9.47 Å². The van der Waals surface area contributed by atoms with Crippen LogP contribution in [-0.2, 0) is 22.6 Å². The first-order valence-electron chi connectivity index (χ1n) is 10.1. The van der Waals surface area contributed by atoms with Crippen LogP contribution in [0.4, 0.5) is 4.79 Å². The Morgan fingerprint density at radius 1 is 1.16 bits per heavy atom. The van der Waals surface area contributed by atoms with Crippen molar-refractivity contribution in [2.75, 3.05) is 6.61 Å². The highest BCUT2D eigenvalue weighted by atomic mass is 16.5. The molecular weight excluding hydrogens is 410 g/mol. The zero-order valence-corrected chi connectivity index (χ0v) is 17.7. The number of imidazole rings is 1. The van der Waals surface area contributed by atoms with E-state index in [0.717, 1.165) is 16.9 Å². The summed E-state index contributed by atoms with van der Waals surface area (Å²) in [6.45, 7) is 2.60. The molecule has 0 spiro atoms. The van der Waals surface area contributed by atoms with Gasteiger partial charge < -0.3 is 19.8 Å². The molecule has 0 saturated heterocycles. The molecule has 166 valence electrons. The number of H-pyrrole nitrogens is 1. The van der Waals surface area contributed by atoms with E-state index in [1.165, 1.54) is 12.5 Å². The van der Waals surface area contributed by atoms with Crippen LogP contribution in [0, 0.1) is 0 Å². The van der Waals surface area contributed by atoms with Gasteiger partial charge in [-0.1, -0.05) is 30.3 Å². The molecule has 9 nitrogen and oxygen atoms in total. The summed E-state index contributed by atoms with van der Waals surface area (Å²) in [5.74, 6) is 0.268. The van der Waals surface area contributed by atoms with E-state index in [-0.39, 0.29) is 13.0 Å². The number of nitrogens with one attached hydrogen (secondary N) is 3. The van der Waals surface area contributed by atoms with Crippen LogP contribution in [0.15, 0.2) is 72.2 Å². The number of aromatic nitrogens is 2. The number of amides is 2. The van der Waals surface area contributed by atoms with Crippen LogP contribution in [-0.4, -0.2) is 40.8 Å². The predicted octanol–water partition coefficient (Wildman–Crippen LogP) is 2.80. The summed E-state index contributed by atoms with van der Waals surface area (Å²) in [5.41, 5.74) is 4.77. The van der Waals surface area contributed by atoms with Gasteiger partial charge in [0.1, 0.15) is 18.4 Å². The number of carbonyl (C=O) groups is 2. The molecule has 0 bridgehead atoms. The van der Waals surface area contributed by atoms with Crippen LogP contribution >= 0.6 is 0 Å². The molecule has 2 amide bonds. The number of ether oxygens (including phenoxy) is 2. The molecule has 0 unspecified atom stereocenters. The molecule has 1 heterocycles. The third-order valence-electron chi connectivity index (χ3n) is 4.38. The molecule has 0 aliphatic heterocycles. The SMILES string of the molecule is CCOc1ccc(/C=N\NC(=O)[C@@H](Cc2cnc[nH]2)NC(=O)OCc2ccccc2)cc1. The summed E-state index contributed by atoms with van der Waals surface area (Å²) in [6.07, 6.45) is 4.09. The maximum absolute atomic E-state index is 12.7. The standard InChI is InChI=1S/C23H25N5O4/c1-2-31-20-10-8-17(9-11-20)13-26-28-22(29)21(12-19-14-24-16-25-19)27-23(30)32-15-18-6-4-3-5-7-18/h3-11,13-14,16,21H,2,12,15H2,1H3,(H,24,25)(H,27,30)(H,28,29)/b26-13-/t21-/m1/s1. The number of alkyl carbamates (subject to hydrolysis) is 1. The summed E-state index contributed by atoms with van der Waals surface area (Å²) >= 11 is 0. The lowest BCUT2D eigenvalue weighted by atomic mass is 10.1. The van der Waals surface area contributed by atoms with Gasteiger partial charge in [0.05, 0.1) is 19.1 Å². The zero-order chi connectivity index (χ0) is 22.6. The second-order valence-corrected chi connectivity index (χ2v) is 6.78. The molecule has 3 aromatic rings. The van der Waals surface area contributed by atoms with Crippen molar-refractivity contribution in [1.29, 1.82) is 0 Å². The normalized spacial score (nSPS) is 11.7. The average Bonchev–Trinajstić information content (AvgIpc) is 3.32. The van der Waals surface area contributed by atoms with Crippen molar-refractivity contribution in [3.8, 4) is 5.75 Å². The molecule has 0 aliphatic rings. The fraction of sp³-hybridized carbons (Fsp3) is 0.217. The molecule has 32 heavy (non-hydrogen) atoms. The van der Waals surface area contributed by atoms with Crippen LogP contribution in [0.1, 0.15) is 23.7 Å². The largest absolute Gasteiger partial charge is 0.494 e. The third kappa shape index (κ3) is 7.28. The number of hydrogen-bond acceptors (Lipinski definition) is 6. The highest BCUT2D eigenvalue weighted by Crippen LogP contribution is 2.10. The number of benzene rings is 2. The molecule has 0 saturated carbocycles. The number of hydrazone groups is 1. The highest BCUT2D eigenvalue weighted by molar-refractivity contribution is 5.87. The molecule has 0 fully saturated rings. The lowest BCUT2D eigenvalue weighted by molar-refractivity contribution is -0.123. The van der Waals surface area contributed by atoms with Gasteiger partial charge in [-0.15, -0.1) is 0 Å². The van der Waals surface area contributed by atoms with Crippen LogP contribution < -0.4 is 15.5 Å². The second kappa shape index (κ2) is 11.9. The topological polar surface area (TPSA) is 118 Å². The van der Waals surface area contributed by atoms with Crippen LogP contribution in [0.5, 0.6) is 5.75 Å². The second-order valence-electron chi connectivity index (χ2n) is 6.78. The minimum atomic E-state index is -0.906. The van der Waals surface area contributed by atoms with Gasteiger partial charge in [-0.2, -0.15) is 5.10 Å². The number of hydrogen-bond donors (Lipinski definition) is 3. The number of nitrogens with zero attached hydrogens (tertiary/aromatic N) is 2. The predicted molar refractivity (Wildman–Crippen MR) is 119 cm³/mol. The summed E-state index contributed by atoms with van der Waals surface area (Å²) in [4.78, 5) is 31.8. The lowest BCUT2D eigenvalue weighted by Gasteiger charge is -2.16. The maximum atomic E-state index is 12.7. The summed E-state index contributed by atoms with van der Waals surface area (Å²) < 4.78 is 10.6. The van der Waals surface area contributed by atoms with E-state index in [2.05, 4.69) is 25.8 Å². The zero-order valence-electron chi connectivity index (χ0n) is 17.7. The Morgan fingerprint density at radius 3 is 2.62 bits per heavy atom. The molecule has 9 heteroatoms. The Balaban J connectivity index is 1.57. The van der Waals surface area contributed by atoms with Gasteiger partial charge in [0.25, 0.3) is 5.91 Å². The Kier molecular flexibility index (Phi) is 8.38. The molecule has 2 aromatic carbocycles. The fourth-order valence-corrected chi connectivity index (χ4v) is 2.80. The van der Waals surface area contributed by atoms with Crippen molar-refractivity contribution in [3.63, 3.8) is 0 Å². The van der Waals surface area contributed by atoms with Gasteiger partial charge in [0, 0.05) is 18.3 Å². The average molecular weight is 435 g/mol. The van der Waals surface area contributed by atoms with Crippen molar-refractivity contribution >= 4 is 18.2 Å². The van der Waals surface area contributed by atoms with E-state index >= 15 is 0 Å². The smallest absolute Gasteiger partial charge is 0.408 e. The maximum Gasteiger partial charge on any atom is 0.408 e. The van der Waals surface area contributed by atoms with Crippen molar-refractivity contribution in [3.05, 3.63) is 83.9 Å². The molecule has 3 rings (SSSR count). The Hall–Kier alpha value is -4.14. The van der Waals surface area contributed by atoms with E-state index in [1.54, 1.807) is 6.20 Å². The van der Waals surface area contributed by atoms with E-state index in [1.807, 2.05) is 61.5 Å². The first-order valence-corrected chi connectivity index (χ1v) is 10.1. The minimum Gasteiger partial charge on any atom is -0.494 e. The summed E-state index contributed by atoms with van der Waals surface area (Å²) in [5, 5.41) is 6.57. The van der Waals surface area contributed by atoms with E-state index < -0.39 is 18.0 Å². The Morgan fingerprint density at radius 2 is 1.94 bits per heavy atom. The molecule has 1 aromatic heterocycles. The first-order chi connectivity index (χ1) is 15.6. The van der Waals surface area contributed by atoms with Crippen molar-refractivity contribution in [2.24, 2.45) is 5.10 Å². The van der Waals surface area contributed by atoms with Crippen LogP contribution in [0.3, 0.4) is 0 Å². The minimum absolute atomic E-state index is 0.0982. The highest BCUT2D eigenvalue weighted by Gasteiger charge is 2.22. The lowest BCUT2D eigenvalue weighted by Crippen LogP contribution is -2.47. The Labute approximate surface area is 185 Å². The van der Waals surface area contributed by atoms with Crippen molar-refractivity contribution in [2.45, 2.75) is 26.0 Å². The van der Waals surface area contributed by atoms with E-state index in [0.29, 0.717) is 12.3 Å². The first kappa shape index (κ1) is 22.5. The number of carbonyl (C=O) groups excluding carboxylic acids is 2. The molecule has 1 atom stereocenters. The number of aromatic amines is 1. The van der Waals surface area contributed by atoms with Crippen molar-refractivity contribution in [1.82, 2.24) is 20.7 Å².